The van der Waals surface area contributed by atoms with Crippen LogP contribution >= 0.6 is 0 Å². The van der Waals surface area contributed by atoms with Gasteiger partial charge in [-0.25, -0.2) is 4.39 Å². The fraction of sp³-hybridized carbons (Fsp3) is 0.467. The van der Waals surface area contributed by atoms with Crippen LogP contribution in [0.5, 0.6) is 0 Å². The number of nitrogens with zero attached hydrogens (tertiary/aromatic N) is 2. The van der Waals surface area contributed by atoms with Crippen LogP contribution in [-0.4, -0.2) is 23.2 Å². The molecule has 2 rings (SSSR count). The quantitative estimate of drug-likeness (QED) is 0.911. The number of halogens is 1. The topological polar surface area (TPSA) is 51.0 Å². The van der Waals surface area contributed by atoms with Crippen molar-refractivity contribution in [3.8, 4) is 11.4 Å². The number of hydrogen-bond acceptors (Lipinski definition) is 4. The van der Waals surface area contributed by atoms with Crippen molar-refractivity contribution in [1.29, 1.82) is 0 Å². The van der Waals surface area contributed by atoms with Gasteiger partial charge in [-0.15, -0.1) is 0 Å². The Morgan fingerprint density at radius 1 is 1.40 bits per heavy atom. The molecule has 108 valence electrons. The van der Waals surface area contributed by atoms with Gasteiger partial charge in [-0.2, -0.15) is 4.98 Å². The van der Waals surface area contributed by atoms with E-state index >= 15 is 0 Å². The van der Waals surface area contributed by atoms with Gasteiger partial charge in [-0.05, 0) is 44.2 Å². The van der Waals surface area contributed by atoms with Gasteiger partial charge in [-0.1, -0.05) is 19.0 Å². The van der Waals surface area contributed by atoms with Gasteiger partial charge in [0.15, 0.2) is 0 Å². The molecule has 2 atom stereocenters. The molecule has 1 aromatic carbocycles. The predicted molar refractivity (Wildman–Crippen MR) is 76.0 cm³/mol. The first kappa shape index (κ1) is 14.7. The van der Waals surface area contributed by atoms with Crippen LogP contribution < -0.4 is 5.32 Å². The molecule has 4 nitrogen and oxygen atoms in total. The number of hydrogen-bond donors (Lipinski definition) is 1. The summed E-state index contributed by atoms with van der Waals surface area (Å²) >= 11 is 0. The Morgan fingerprint density at radius 3 is 2.75 bits per heavy atom. The lowest BCUT2D eigenvalue weighted by molar-refractivity contribution is 0.326. The zero-order chi connectivity index (χ0) is 14.7. The Kier molecular flexibility index (Phi) is 4.49. The van der Waals surface area contributed by atoms with Gasteiger partial charge < -0.3 is 9.84 Å². The van der Waals surface area contributed by atoms with E-state index in [-0.39, 0.29) is 17.8 Å². The third kappa shape index (κ3) is 2.88. The maximum atomic E-state index is 13.1. The maximum Gasteiger partial charge on any atom is 0.231 e. The summed E-state index contributed by atoms with van der Waals surface area (Å²) in [5.41, 5.74) is 1.59. The summed E-state index contributed by atoms with van der Waals surface area (Å²) in [6.07, 6.45) is 0.977. The summed E-state index contributed by atoms with van der Waals surface area (Å²) in [4.78, 5) is 4.45. The molecule has 0 amide bonds. The molecule has 1 heterocycles. The Hall–Kier alpha value is -1.75. The van der Waals surface area contributed by atoms with E-state index in [4.69, 9.17) is 4.52 Å². The standard InChI is InChI=1S/C15H20FN3O/c1-5-13(17-4)10(3)15-18-14(19-20-15)12-7-6-11(16)8-9(12)2/h6-8,10,13,17H,5H2,1-4H3. The summed E-state index contributed by atoms with van der Waals surface area (Å²) in [5, 5.41) is 7.25. The van der Waals surface area contributed by atoms with Crippen molar-refractivity contribution in [3.63, 3.8) is 0 Å². The van der Waals surface area contributed by atoms with E-state index in [2.05, 4.69) is 29.3 Å². The van der Waals surface area contributed by atoms with Gasteiger partial charge in [0.1, 0.15) is 5.82 Å². The lowest BCUT2D eigenvalue weighted by Crippen LogP contribution is -2.30. The molecule has 0 fully saturated rings. The molecule has 20 heavy (non-hydrogen) atoms. The van der Waals surface area contributed by atoms with Crippen LogP contribution in [0.15, 0.2) is 22.7 Å². The van der Waals surface area contributed by atoms with Crippen LogP contribution in [0.3, 0.4) is 0 Å². The van der Waals surface area contributed by atoms with Crippen LogP contribution in [0, 0.1) is 12.7 Å². The van der Waals surface area contributed by atoms with E-state index < -0.39 is 0 Å². The molecular weight excluding hydrogens is 257 g/mol. The van der Waals surface area contributed by atoms with Crippen LogP contribution in [0.25, 0.3) is 11.4 Å². The van der Waals surface area contributed by atoms with Gasteiger partial charge in [0.05, 0.1) is 5.92 Å². The second-order valence-electron chi connectivity index (χ2n) is 5.01. The van der Waals surface area contributed by atoms with Crippen molar-refractivity contribution in [2.45, 2.75) is 39.2 Å². The largest absolute Gasteiger partial charge is 0.339 e. The Balaban J connectivity index is 2.28. The minimum atomic E-state index is -0.260. The molecule has 0 aliphatic rings. The molecule has 0 bridgehead atoms. The molecule has 1 N–H and O–H groups in total. The van der Waals surface area contributed by atoms with E-state index in [1.807, 2.05) is 14.0 Å². The summed E-state index contributed by atoms with van der Waals surface area (Å²) < 4.78 is 18.5. The fourth-order valence-electron chi connectivity index (χ4n) is 2.39. The molecule has 2 unspecified atom stereocenters. The molecule has 0 saturated heterocycles. The zero-order valence-corrected chi connectivity index (χ0v) is 12.3. The summed E-state index contributed by atoms with van der Waals surface area (Å²) in [6.45, 7) is 6.00. The Morgan fingerprint density at radius 2 is 2.15 bits per heavy atom. The first-order chi connectivity index (χ1) is 9.56. The second-order valence-corrected chi connectivity index (χ2v) is 5.01. The summed E-state index contributed by atoms with van der Waals surface area (Å²) in [5.74, 6) is 0.983. The third-order valence-electron chi connectivity index (χ3n) is 3.67. The molecule has 2 aromatic rings. The van der Waals surface area contributed by atoms with Gasteiger partial charge in [0.2, 0.25) is 11.7 Å². The smallest absolute Gasteiger partial charge is 0.231 e. The molecule has 0 aliphatic heterocycles. The Bertz CT molecular complexity index is 578. The number of nitrogens with one attached hydrogen (secondary N) is 1. The van der Waals surface area contributed by atoms with Crippen molar-refractivity contribution in [1.82, 2.24) is 15.5 Å². The van der Waals surface area contributed by atoms with Crippen LogP contribution in [0.4, 0.5) is 4.39 Å². The van der Waals surface area contributed by atoms with Crippen LogP contribution in [0.2, 0.25) is 0 Å². The van der Waals surface area contributed by atoms with Crippen molar-refractivity contribution in [2.75, 3.05) is 7.05 Å². The molecule has 1 aromatic heterocycles. The molecular formula is C15H20FN3O. The van der Waals surface area contributed by atoms with E-state index in [0.29, 0.717) is 11.7 Å². The molecule has 0 saturated carbocycles. The lowest BCUT2D eigenvalue weighted by atomic mass is 10.00. The highest BCUT2D eigenvalue weighted by molar-refractivity contribution is 5.59. The SMILES string of the molecule is CCC(NC)C(C)c1nc(-c2ccc(F)cc2C)no1. The van der Waals surface area contributed by atoms with E-state index in [9.17, 15) is 4.39 Å². The monoisotopic (exact) mass is 277 g/mol. The minimum absolute atomic E-state index is 0.131. The minimum Gasteiger partial charge on any atom is -0.339 e. The van der Waals surface area contributed by atoms with Gasteiger partial charge in [-0.3, -0.25) is 0 Å². The predicted octanol–water partition coefficient (Wildman–Crippen LogP) is 3.29. The molecule has 0 aliphatic carbocycles. The first-order valence-electron chi connectivity index (χ1n) is 6.84. The number of rotatable bonds is 5. The van der Waals surface area contributed by atoms with Gasteiger partial charge >= 0.3 is 0 Å². The van der Waals surface area contributed by atoms with E-state index in [1.54, 1.807) is 6.07 Å². The third-order valence-corrected chi connectivity index (χ3v) is 3.67. The molecule has 0 radical (unpaired) electrons. The average Bonchev–Trinajstić information content (AvgIpc) is 2.89. The number of aromatic nitrogens is 2. The normalized spacial score (nSPS) is 14.2. The number of likely N-dealkylation sites (N-methyl/N-ethyl adjacent to an activating group) is 1. The number of aryl methyl sites for hydroxylation is 1. The lowest BCUT2D eigenvalue weighted by Gasteiger charge is -2.18. The van der Waals surface area contributed by atoms with Crippen molar-refractivity contribution in [2.24, 2.45) is 0 Å². The maximum absolute atomic E-state index is 13.1. The van der Waals surface area contributed by atoms with Crippen molar-refractivity contribution in [3.05, 3.63) is 35.5 Å². The van der Waals surface area contributed by atoms with E-state index in [1.165, 1.54) is 12.1 Å². The summed E-state index contributed by atoms with van der Waals surface area (Å²) in [7, 11) is 1.92. The van der Waals surface area contributed by atoms with Gasteiger partial charge in [0.25, 0.3) is 0 Å². The van der Waals surface area contributed by atoms with E-state index in [0.717, 1.165) is 17.5 Å². The highest BCUT2D eigenvalue weighted by Crippen LogP contribution is 2.25. The second kappa shape index (κ2) is 6.13. The number of benzene rings is 1. The molecule has 0 spiro atoms. The van der Waals surface area contributed by atoms with Gasteiger partial charge in [0, 0.05) is 11.6 Å². The molecule has 5 heteroatoms. The summed E-state index contributed by atoms with van der Waals surface area (Å²) in [6, 6.07) is 4.85. The first-order valence-corrected chi connectivity index (χ1v) is 6.84. The average molecular weight is 277 g/mol. The van der Waals surface area contributed by atoms with Crippen molar-refractivity contribution < 1.29 is 8.91 Å². The highest BCUT2D eigenvalue weighted by Gasteiger charge is 2.22. The van der Waals surface area contributed by atoms with Crippen LogP contribution in [-0.2, 0) is 0 Å². The zero-order valence-electron chi connectivity index (χ0n) is 12.3. The van der Waals surface area contributed by atoms with Crippen LogP contribution in [0.1, 0.15) is 37.6 Å². The Labute approximate surface area is 118 Å². The highest BCUT2D eigenvalue weighted by atomic mass is 19.1. The fourth-order valence-corrected chi connectivity index (χ4v) is 2.39. The van der Waals surface area contributed by atoms with Crippen molar-refractivity contribution >= 4 is 0 Å².